The molecule has 24 aromatic rings. The molecule has 8 heterocycles. The molecule has 10 heteroatoms. The number of furan rings is 4. The van der Waals surface area contributed by atoms with Gasteiger partial charge in [0.2, 0.25) is 0 Å². The van der Waals surface area contributed by atoms with Gasteiger partial charge in [-0.3, -0.25) is 4.98 Å². The van der Waals surface area contributed by atoms with Crippen LogP contribution in [0.5, 0.6) is 0 Å². The molecular formula is C121H88N6O4. The first-order valence-corrected chi connectivity index (χ1v) is 45.7. The highest BCUT2D eigenvalue weighted by Gasteiger charge is 2.50. The Morgan fingerprint density at radius 2 is 0.802 bits per heavy atom. The van der Waals surface area contributed by atoms with E-state index in [0.717, 1.165) is 191 Å². The van der Waals surface area contributed by atoms with Gasteiger partial charge in [0, 0.05) is 121 Å². The lowest BCUT2D eigenvalue weighted by Crippen LogP contribution is -2.36. The summed E-state index contributed by atoms with van der Waals surface area (Å²) in [4.78, 5) is 30.5. The Morgan fingerprint density at radius 3 is 1.49 bits per heavy atom. The third-order valence-corrected chi connectivity index (χ3v) is 29.5. The van der Waals surface area contributed by atoms with Gasteiger partial charge >= 0.3 is 0 Å². The Kier molecular flexibility index (Phi) is 17.4. The molecule has 2 unspecified atom stereocenters. The van der Waals surface area contributed by atoms with E-state index >= 15 is 0 Å². The van der Waals surface area contributed by atoms with E-state index in [1.165, 1.54) is 82.9 Å². The zero-order valence-electron chi connectivity index (χ0n) is 73.9. The lowest BCUT2D eigenvalue weighted by molar-refractivity contribution is 0.255. The molecule has 131 heavy (non-hydrogen) atoms. The topological polar surface area (TPSA) is 130 Å². The predicted molar refractivity (Wildman–Crippen MR) is 538 cm³/mol. The number of aromatic nitrogens is 6. The second kappa shape index (κ2) is 29.4. The highest BCUT2D eigenvalue weighted by Crippen LogP contribution is 2.62. The number of pyridine rings is 2. The van der Waals surface area contributed by atoms with Gasteiger partial charge in [0.15, 0.2) is 17.2 Å². The number of hydrogen-bond donors (Lipinski definition) is 0. The fourth-order valence-corrected chi connectivity index (χ4v) is 22.5. The molecule has 0 saturated carbocycles. The van der Waals surface area contributed by atoms with Crippen LogP contribution in [0.4, 0.5) is 0 Å². The molecule has 0 amide bonds. The lowest BCUT2D eigenvalue weighted by atomic mass is 9.62. The average Bonchev–Trinajstić information content (AvgIpc) is 1.52. The standard InChI is InChI=1S/C44H30N2O.C40H30N2O2.C37H28N2O/c1-3-44(2)36-18-10-8-16-31(36)33-22-23-34-32-21-20-28(25-38(32)47-42(34)40(33)44)41-35-17-9-11-19-37(35)45-43(46-41)39-29-14-6-4-12-26(29)24-27-13-5-7-15-30(27)39;1-39(2,3)40(4)29-18-10-8-15-24(29)25-21-22-28-32-27(17-12-20-31(32)44-36(28)33(25)40)35-37-34(26-16-9-11-19-30(26)43-37)41-38(42-35)23-13-6-5-7-14-23;1-3-37(4-2)30-13-7-5-11-24(30)27-18-19-28-26-17-16-23(21-34(26)40-36(28)35(27)37)33-22-29(31-14-9-10-20-38-31)25-12-6-8-15-32(25)39-33/h4-25H,3H2,1-2H3;5-22H,1-4H3;5-22H,3-4H2,1-2H3. The molecule has 10 nitrogen and oxygen atoms in total. The van der Waals surface area contributed by atoms with Crippen molar-refractivity contribution >= 4 is 131 Å². The van der Waals surface area contributed by atoms with Gasteiger partial charge in [0.05, 0.1) is 28.1 Å². The van der Waals surface area contributed by atoms with Crippen molar-refractivity contribution in [3.63, 3.8) is 0 Å². The van der Waals surface area contributed by atoms with E-state index in [4.69, 9.17) is 42.6 Å². The molecule has 27 rings (SSSR count). The smallest absolute Gasteiger partial charge is 0.180 e. The van der Waals surface area contributed by atoms with Gasteiger partial charge in [0.25, 0.3) is 0 Å². The molecule has 0 bridgehead atoms. The van der Waals surface area contributed by atoms with Gasteiger partial charge in [-0.05, 0) is 193 Å². The monoisotopic (exact) mass is 1690 g/mol. The van der Waals surface area contributed by atoms with Crippen LogP contribution in [0, 0.1) is 5.41 Å². The van der Waals surface area contributed by atoms with Crippen molar-refractivity contribution in [1.29, 1.82) is 0 Å². The molecule has 0 radical (unpaired) electrons. The maximum Gasteiger partial charge on any atom is 0.180 e. The van der Waals surface area contributed by atoms with Crippen molar-refractivity contribution in [3.8, 4) is 101 Å². The van der Waals surface area contributed by atoms with Gasteiger partial charge in [0.1, 0.15) is 50.3 Å². The number of fused-ring (bicyclic) bond motifs is 28. The van der Waals surface area contributed by atoms with Crippen LogP contribution in [0.2, 0.25) is 0 Å². The second-order valence-electron chi connectivity index (χ2n) is 36.9. The Bertz CT molecular complexity index is 8860. The maximum absolute atomic E-state index is 6.89. The fourth-order valence-electron chi connectivity index (χ4n) is 22.5. The second-order valence-corrected chi connectivity index (χ2v) is 36.9. The average molecular weight is 1690 g/mol. The predicted octanol–water partition coefficient (Wildman–Crippen LogP) is 32.8. The Morgan fingerprint density at radius 1 is 0.290 bits per heavy atom. The molecule has 0 N–H and O–H groups in total. The third-order valence-electron chi connectivity index (χ3n) is 29.5. The SMILES string of the molecule is CC(C)(C)C1(C)c2ccccc2-c2ccc3c(oc4cccc(-c5nc(-c6ccccc6)nc6c5oc5ccccc56)c43)c21.CCC1(C)c2ccccc2-c2ccc3c(oc4cc(-c5nc(-c6c7ccccc7cc7ccccc67)nc6ccccc56)ccc43)c21.CCC1(CC)c2ccccc2-c2ccc3c(oc4cc(-c5cc(-c6ccccn6)c6ccccc6n5)ccc43)c21. The minimum Gasteiger partial charge on any atom is -0.456 e. The molecule has 16 aromatic carbocycles. The van der Waals surface area contributed by atoms with Crippen LogP contribution in [0.15, 0.2) is 370 Å². The molecule has 0 spiro atoms. The quantitative estimate of drug-likeness (QED) is 0.129. The minimum atomic E-state index is -0.242. The van der Waals surface area contributed by atoms with Gasteiger partial charge in [-0.1, -0.05) is 304 Å². The summed E-state index contributed by atoms with van der Waals surface area (Å²) in [6.45, 7) is 18.6. The first kappa shape index (κ1) is 77.6. The molecule has 0 aliphatic heterocycles. The van der Waals surface area contributed by atoms with Crippen molar-refractivity contribution in [2.75, 3.05) is 0 Å². The summed E-state index contributed by atoms with van der Waals surface area (Å²) >= 11 is 0. The van der Waals surface area contributed by atoms with Crippen LogP contribution in [0.1, 0.15) is 108 Å². The Labute approximate surface area is 756 Å². The molecule has 3 aliphatic carbocycles. The zero-order chi connectivity index (χ0) is 87.9. The number of nitrogens with zero attached hydrogens (tertiary/aromatic N) is 6. The molecule has 0 saturated heterocycles. The summed E-state index contributed by atoms with van der Waals surface area (Å²) in [5, 5.41) is 14.5. The van der Waals surface area contributed by atoms with Gasteiger partial charge in [-0.15, -0.1) is 0 Å². The van der Waals surface area contributed by atoms with E-state index in [1.54, 1.807) is 0 Å². The first-order valence-electron chi connectivity index (χ1n) is 45.7. The van der Waals surface area contributed by atoms with Gasteiger partial charge < -0.3 is 17.7 Å². The van der Waals surface area contributed by atoms with E-state index in [2.05, 4.69) is 352 Å². The summed E-state index contributed by atoms with van der Waals surface area (Å²) in [6.07, 6.45) is 4.91. The van der Waals surface area contributed by atoms with E-state index in [0.29, 0.717) is 11.4 Å². The van der Waals surface area contributed by atoms with Crippen LogP contribution in [-0.4, -0.2) is 29.9 Å². The van der Waals surface area contributed by atoms with Crippen LogP contribution >= 0.6 is 0 Å². The number of para-hydroxylation sites is 3. The largest absolute Gasteiger partial charge is 0.456 e. The number of rotatable bonds is 9. The third kappa shape index (κ3) is 11.5. The Hall–Kier alpha value is -15.8. The van der Waals surface area contributed by atoms with Gasteiger partial charge in [-0.2, -0.15) is 0 Å². The zero-order valence-corrected chi connectivity index (χ0v) is 73.9. The van der Waals surface area contributed by atoms with Crippen LogP contribution in [-0.2, 0) is 16.2 Å². The van der Waals surface area contributed by atoms with E-state index < -0.39 is 0 Å². The van der Waals surface area contributed by atoms with Crippen molar-refractivity contribution in [3.05, 3.63) is 385 Å². The van der Waals surface area contributed by atoms with Crippen molar-refractivity contribution in [2.45, 2.75) is 90.9 Å². The molecule has 0 fully saturated rings. The molecular weight excluding hydrogens is 1600 g/mol. The summed E-state index contributed by atoms with van der Waals surface area (Å²) in [5.41, 5.74) is 34.7. The lowest BCUT2D eigenvalue weighted by Gasteiger charge is -2.40. The molecule has 3 aliphatic rings. The number of hydrogen-bond acceptors (Lipinski definition) is 10. The normalized spacial score (nSPS) is 15.2. The summed E-state index contributed by atoms with van der Waals surface area (Å²) in [5.74, 6) is 1.40. The molecule has 626 valence electrons. The maximum atomic E-state index is 6.89. The summed E-state index contributed by atoms with van der Waals surface area (Å²) in [7, 11) is 0. The van der Waals surface area contributed by atoms with Crippen molar-refractivity contribution in [1.82, 2.24) is 29.9 Å². The van der Waals surface area contributed by atoms with E-state index in [1.807, 2.05) is 60.8 Å². The fraction of sp³-hybridized carbons (Fsp3) is 0.124. The summed E-state index contributed by atoms with van der Waals surface area (Å²) in [6, 6.07) is 122. The van der Waals surface area contributed by atoms with Crippen LogP contribution in [0.25, 0.3) is 232 Å². The van der Waals surface area contributed by atoms with Crippen LogP contribution < -0.4 is 0 Å². The highest BCUT2D eigenvalue weighted by atomic mass is 16.3. The van der Waals surface area contributed by atoms with E-state index in [-0.39, 0.29) is 21.7 Å². The van der Waals surface area contributed by atoms with Gasteiger partial charge in [-0.25, -0.2) is 24.9 Å². The van der Waals surface area contributed by atoms with Crippen LogP contribution in [0.3, 0.4) is 0 Å². The Balaban J connectivity index is 0.000000106. The van der Waals surface area contributed by atoms with Crippen molar-refractivity contribution < 1.29 is 17.7 Å². The number of benzene rings is 16. The van der Waals surface area contributed by atoms with Crippen molar-refractivity contribution in [2.24, 2.45) is 5.41 Å². The van der Waals surface area contributed by atoms with E-state index in [9.17, 15) is 0 Å². The molecule has 8 aromatic heterocycles. The minimum absolute atomic E-state index is 0.0420. The molecule has 2 atom stereocenters. The first-order chi connectivity index (χ1) is 64.2. The summed E-state index contributed by atoms with van der Waals surface area (Å²) < 4.78 is 27.1. The highest BCUT2D eigenvalue weighted by molar-refractivity contribution is 6.19.